The maximum Gasteiger partial charge on any atom is 0.475 e. The highest BCUT2D eigenvalue weighted by atomic mass is 32.1. The van der Waals surface area contributed by atoms with Crippen LogP contribution < -0.4 is 16.2 Å². The highest BCUT2D eigenvalue weighted by molar-refractivity contribution is 7.48. The summed E-state index contributed by atoms with van der Waals surface area (Å²) >= 11 is 0.851. The largest absolute Gasteiger partial charge is 0.475 e. The third kappa shape index (κ3) is 8.06. The monoisotopic (exact) mass is 882 g/mol. The second-order valence-electron chi connectivity index (χ2n) is 14.5. The molecule has 3 saturated heterocycles. The molecule has 25 heteroatoms. The Labute approximate surface area is 349 Å². The summed E-state index contributed by atoms with van der Waals surface area (Å²) in [7, 11) is -3.38. The lowest BCUT2D eigenvalue weighted by molar-refractivity contribution is -0.185. The average molecular weight is 883 g/mol. The van der Waals surface area contributed by atoms with E-state index in [2.05, 4.69) is 39.9 Å². The average Bonchev–Trinajstić information content (AvgIpc) is 4.08. The predicted octanol–water partition coefficient (Wildman–Crippen LogP) is 1.98. The molecule has 8 rings (SSSR count). The molecule has 5 aromatic rings. The van der Waals surface area contributed by atoms with Gasteiger partial charge in [0.25, 0.3) is 11.5 Å². The Bertz CT molecular complexity index is 2590. The molecule has 322 valence electrons. The number of hydrogen-bond acceptors (Lipinski definition) is 20. The number of fused-ring (bicyclic) bond motifs is 4. The number of ether oxygens (including phenoxy) is 4. The van der Waals surface area contributed by atoms with Gasteiger partial charge in [0.2, 0.25) is 11.9 Å². The summed E-state index contributed by atoms with van der Waals surface area (Å²) in [5, 5.41) is 36.6. The van der Waals surface area contributed by atoms with Gasteiger partial charge in [-0.25, -0.2) is 24.5 Å². The number of amides is 2. The lowest BCUT2D eigenvalue weighted by Crippen LogP contribution is -2.45. The molecule has 3 aliphatic rings. The highest BCUT2D eigenvalue weighted by Crippen LogP contribution is 2.58. The molecule has 5 N–H and O–H groups in total. The van der Waals surface area contributed by atoms with E-state index in [0.717, 1.165) is 11.5 Å². The van der Waals surface area contributed by atoms with Gasteiger partial charge in [-0.1, -0.05) is 32.0 Å². The fourth-order valence-electron chi connectivity index (χ4n) is 7.14. The van der Waals surface area contributed by atoms with Crippen LogP contribution in [0.25, 0.3) is 22.2 Å². The molecule has 61 heavy (non-hydrogen) atoms. The van der Waals surface area contributed by atoms with Gasteiger partial charge >= 0.3 is 7.82 Å². The molecule has 0 aliphatic carbocycles. The maximum absolute atomic E-state index is 14.5. The van der Waals surface area contributed by atoms with Gasteiger partial charge in [-0.15, -0.1) is 0 Å². The summed E-state index contributed by atoms with van der Waals surface area (Å²) in [4.78, 5) is 58.2. The van der Waals surface area contributed by atoms with Crippen LogP contribution in [-0.4, -0.2) is 126 Å². The Hall–Kier alpha value is -5.16. The number of rotatable bonds is 16. The Kier molecular flexibility index (Phi) is 12.1. The Morgan fingerprint density at radius 1 is 1.16 bits per heavy atom. The van der Waals surface area contributed by atoms with Crippen molar-refractivity contribution in [3.8, 4) is 6.07 Å². The molecule has 2 bridgehead atoms. The Morgan fingerprint density at radius 2 is 1.97 bits per heavy atom. The van der Waals surface area contributed by atoms with Crippen molar-refractivity contribution < 1.29 is 56.9 Å². The van der Waals surface area contributed by atoms with Gasteiger partial charge in [-0.3, -0.25) is 42.8 Å². The molecule has 0 spiro atoms. The van der Waals surface area contributed by atoms with Gasteiger partial charge in [0.05, 0.1) is 50.1 Å². The summed E-state index contributed by atoms with van der Waals surface area (Å²) < 4.78 is 61.9. The summed E-state index contributed by atoms with van der Waals surface area (Å²) in [6.45, 7) is 1.58. The first-order chi connectivity index (χ1) is 29.4. The Morgan fingerprint density at radius 3 is 2.70 bits per heavy atom. The molecular formula is C36H39N10O13PS. The molecule has 1 unspecified atom stereocenters. The van der Waals surface area contributed by atoms with Crippen LogP contribution >= 0.6 is 19.4 Å². The fraction of sp³-hybridized carbons (Fsp3) is 0.472. The summed E-state index contributed by atoms with van der Waals surface area (Å²) in [6, 6.07) is 10.4. The second-order valence-corrected chi connectivity index (χ2v) is 16.9. The molecule has 1 aromatic carbocycles. The SMILES string of the molecule is CO[C@H]1[C@@H](O)[C@H](c2snc3c(=O)[nH]c(NC(=O)C(C)C)nc23)O[C@@H]1COP(=O)(OCCC#N)O[C@H]1[C@H]2OC[C@]1(CO)O[C@H]2n1cnc2c(NC(=O)c3ccccc3)ncnc21. The van der Waals surface area contributed by atoms with E-state index in [4.69, 9.17) is 32.5 Å². The lowest BCUT2D eigenvalue weighted by Gasteiger charge is -2.30. The van der Waals surface area contributed by atoms with Crippen LogP contribution in [0.4, 0.5) is 11.8 Å². The van der Waals surface area contributed by atoms with Crippen LogP contribution in [0.2, 0.25) is 0 Å². The van der Waals surface area contributed by atoms with Gasteiger partial charge in [0.1, 0.15) is 54.1 Å². The van der Waals surface area contributed by atoms with E-state index in [9.17, 15) is 34.4 Å². The minimum Gasteiger partial charge on any atom is -0.393 e. The number of aliphatic hydroxyl groups excluding tert-OH is 2. The van der Waals surface area contributed by atoms with Gasteiger partial charge in [0, 0.05) is 18.6 Å². The van der Waals surface area contributed by atoms with Gasteiger partial charge in [-0.05, 0) is 23.7 Å². The molecule has 3 fully saturated rings. The number of anilines is 2. The van der Waals surface area contributed by atoms with Gasteiger partial charge in [0.15, 0.2) is 28.7 Å². The first-order valence-corrected chi connectivity index (χ1v) is 21.1. The molecule has 7 heterocycles. The zero-order valence-corrected chi connectivity index (χ0v) is 34.3. The number of benzene rings is 1. The van der Waals surface area contributed by atoms with E-state index in [0.29, 0.717) is 5.56 Å². The topological polar surface area (TPSA) is 306 Å². The quantitative estimate of drug-likeness (QED) is 0.0699. The number of carbonyl (C=O) groups excluding carboxylic acids is 2. The van der Waals surface area contributed by atoms with E-state index in [-0.39, 0.29) is 58.5 Å². The molecule has 4 aromatic heterocycles. The number of H-pyrrole nitrogens is 1. The maximum atomic E-state index is 14.5. The molecule has 0 radical (unpaired) electrons. The molecule has 23 nitrogen and oxygen atoms in total. The van der Waals surface area contributed by atoms with Crippen LogP contribution in [0.15, 0.2) is 47.8 Å². The van der Waals surface area contributed by atoms with Crippen LogP contribution in [0, 0.1) is 17.2 Å². The van der Waals surface area contributed by atoms with E-state index in [1.807, 2.05) is 6.07 Å². The van der Waals surface area contributed by atoms with Crippen molar-refractivity contribution >= 4 is 65.1 Å². The molecular weight excluding hydrogens is 843 g/mol. The molecule has 2 amide bonds. The molecule has 9 atom stereocenters. The van der Waals surface area contributed by atoms with Crippen molar-refractivity contribution in [3.63, 3.8) is 0 Å². The number of aromatic nitrogens is 7. The Balaban J connectivity index is 1.02. The van der Waals surface area contributed by atoms with Crippen LogP contribution in [0.5, 0.6) is 0 Å². The number of methoxy groups -OCH3 is 1. The fourth-order valence-corrected chi connectivity index (χ4v) is 9.46. The highest BCUT2D eigenvalue weighted by Gasteiger charge is 2.65. The van der Waals surface area contributed by atoms with Gasteiger partial charge < -0.3 is 34.5 Å². The first kappa shape index (κ1) is 42.5. The van der Waals surface area contributed by atoms with Crippen molar-refractivity contribution in [1.29, 1.82) is 5.26 Å². The molecule has 0 saturated carbocycles. The number of imidazole rings is 1. The number of aromatic amines is 1. The zero-order valence-electron chi connectivity index (χ0n) is 32.6. The van der Waals surface area contributed by atoms with Gasteiger partial charge in [-0.2, -0.15) is 9.64 Å². The van der Waals surface area contributed by atoms with E-state index >= 15 is 0 Å². The number of phosphoric acid groups is 1. The van der Waals surface area contributed by atoms with Crippen molar-refractivity contribution in [2.75, 3.05) is 44.2 Å². The molecule has 3 aliphatic heterocycles. The lowest BCUT2D eigenvalue weighted by atomic mass is 10.0. The summed E-state index contributed by atoms with van der Waals surface area (Å²) in [5.74, 6) is -1.22. The number of phosphoric ester groups is 1. The van der Waals surface area contributed by atoms with Crippen molar-refractivity contribution in [3.05, 3.63) is 63.8 Å². The minimum absolute atomic E-state index is 0.0473. The smallest absolute Gasteiger partial charge is 0.393 e. The minimum atomic E-state index is -4.70. The summed E-state index contributed by atoms with van der Waals surface area (Å²) in [5.41, 5.74) is -1.34. The third-order valence-corrected chi connectivity index (χ3v) is 12.6. The van der Waals surface area contributed by atoms with E-state index < -0.39 is 92.8 Å². The first-order valence-electron chi connectivity index (χ1n) is 18.8. The predicted molar refractivity (Wildman–Crippen MR) is 210 cm³/mol. The second kappa shape index (κ2) is 17.3. The zero-order chi connectivity index (χ0) is 43.1. The normalized spacial score (nSPS) is 26.8. The number of nitriles is 1. The van der Waals surface area contributed by atoms with Crippen molar-refractivity contribution in [2.24, 2.45) is 5.92 Å². The number of hydrogen-bond donors (Lipinski definition) is 5. The van der Waals surface area contributed by atoms with Crippen LogP contribution in [-0.2, 0) is 41.9 Å². The van der Waals surface area contributed by atoms with Crippen molar-refractivity contribution in [2.45, 2.75) is 68.7 Å². The third-order valence-electron chi connectivity index (χ3n) is 10.2. The van der Waals surface area contributed by atoms with Crippen LogP contribution in [0.1, 0.15) is 47.8 Å². The number of aliphatic hydroxyl groups is 2. The van der Waals surface area contributed by atoms with E-state index in [1.165, 1.54) is 24.3 Å². The summed E-state index contributed by atoms with van der Waals surface area (Å²) in [6.07, 6.45) is -5.71. The number of nitrogens with zero attached hydrogens (tertiary/aromatic N) is 7. The van der Waals surface area contributed by atoms with E-state index in [1.54, 1.807) is 44.2 Å². The standard InChI is InChI=1S/C36H39N10O13PS/c1-17(2)31(49)43-35-41-20-21(33(51)44-35)45-61-27(20)25-23(48)24(53-3)19(57-25)12-56-60(52,55-11-7-10-37)59-28-26-34(58-36(28,13-47)14-54-26)46-16-40-22-29(38-15-39-30(22)46)42-32(50)18-8-5-4-6-9-18/h4-6,8-9,15-17,19,23-26,28,34,47-48H,7,11-14H2,1-3H3,(H,38,39,42,50)(H2,41,43,44,49,51)/t19-,23-,24-,25-,26-,28+,34-,36+,60?/m1/s1. The van der Waals surface area contributed by atoms with Crippen molar-refractivity contribution in [1.82, 2.24) is 33.9 Å². The number of nitrogens with one attached hydrogen (secondary N) is 3. The van der Waals surface area contributed by atoms with Crippen LogP contribution in [0.3, 0.4) is 0 Å². The number of carbonyl (C=O) groups is 2.